The number of hydrogen-bond donors (Lipinski definition) is 2. The SMILES string of the molecule is Cc1c(Nc2ccc(/C=N\NC(=O)OC(C)(C)C)cc2)c(=O)n(-c2ccccc2)n1C. The molecule has 162 valence electrons. The van der Waals surface area contributed by atoms with E-state index in [4.69, 9.17) is 4.74 Å². The predicted octanol–water partition coefficient (Wildman–Crippen LogP) is 4.09. The van der Waals surface area contributed by atoms with Crippen molar-refractivity contribution in [1.82, 2.24) is 14.8 Å². The largest absolute Gasteiger partial charge is 0.443 e. The van der Waals surface area contributed by atoms with Crippen molar-refractivity contribution in [2.75, 3.05) is 5.32 Å². The van der Waals surface area contributed by atoms with Gasteiger partial charge < -0.3 is 10.1 Å². The normalized spacial score (nSPS) is 11.5. The molecule has 0 unspecified atom stereocenters. The highest BCUT2D eigenvalue weighted by molar-refractivity contribution is 5.81. The Bertz CT molecular complexity index is 1140. The van der Waals surface area contributed by atoms with Crippen molar-refractivity contribution in [2.45, 2.75) is 33.3 Å². The number of anilines is 2. The van der Waals surface area contributed by atoms with Crippen LogP contribution in [0.25, 0.3) is 5.69 Å². The molecule has 8 nitrogen and oxygen atoms in total. The summed E-state index contributed by atoms with van der Waals surface area (Å²) in [5.74, 6) is 0. The number of carbonyl (C=O) groups is 1. The molecule has 0 fully saturated rings. The number of benzene rings is 2. The molecular formula is C23H27N5O3. The Morgan fingerprint density at radius 3 is 2.32 bits per heavy atom. The summed E-state index contributed by atoms with van der Waals surface area (Å²) in [6, 6.07) is 16.8. The summed E-state index contributed by atoms with van der Waals surface area (Å²) in [4.78, 5) is 24.6. The second-order valence-electron chi connectivity index (χ2n) is 8.06. The summed E-state index contributed by atoms with van der Waals surface area (Å²) < 4.78 is 8.57. The average molecular weight is 422 g/mol. The molecule has 0 aliphatic heterocycles. The third-order valence-corrected chi connectivity index (χ3v) is 4.50. The van der Waals surface area contributed by atoms with Gasteiger partial charge >= 0.3 is 6.09 Å². The fraction of sp³-hybridized carbons (Fsp3) is 0.261. The number of hydrogen-bond acceptors (Lipinski definition) is 5. The van der Waals surface area contributed by atoms with Crippen LogP contribution in [0.2, 0.25) is 0 Å². The molecule has 0 aliphatic rings. The number of nitrogens with zero attached hydrogens (tertiary/aromatic N) is 3. The Kier molecular flexibility index (Phi) is 6.29. The van der Waals surface area contributed by atoms with Crippen LogP contribution in [0.5, 0.6) is 0 Å². The van der Waals surface area contributed by atoms with E-state index in [9.17, 15) is 9.59 Å². The Morgan fingerprint density at radius 1 is 1.06 bits per heavy atom. The number of para-hydroxylation sites is 1. The van der Waals surface area contributed by atoms with E-state index in [2.05, 4.69) is 15.8 Å². The summed E-state index contributed by atoms with van der Waals surface area (Å²) in [6.07, 6.45) is 0.903. The number of rotatable bonds is 5. The lowest BCUT2D eigenvalue weighted by atomic mass is 10.2. The van der Waals surface area contributed by atoms with Gasteiger partial charge in [0.05, 0.1) is 17.6 Å². The van der Waals surface area contributed by atoms with Gasteiger partial charge in [-0.1, -0.05) is 30.3 Å². The fourth-order valence-corrected chi connectivity index (χ4v) is 2.97. The molecule has 1 amide bonds. The van der Waals surface area contributed by atoms with Gasteiger partial charge in [0.2, 0.25) is 0 Å². The summed E-state index contributed by atoms with van der Waals surface area (Å²) >= 11 is 0. The number of nitrogens with one attached hydrogen (secondary N) is 2. The lowest BCUT2D eigenvalue weighted by molar-refractivity contribution is 0.0529. The maximum atomic E-state index is 13.0. The van der Waals surface area contributed by atoms with E-state index in [1.54, 1.807) is 25.5 Å². The molecule has 2 N–H and O–H groups in total. The molecule has 0 saturated heterocycles. The minimum absolute atomic E-state index is 0.126. The lowest BCUT2D eigenvalue weighted by Gasteiger charge is -2.18. The summed E-state index contributed by atoms with van der Waals surface area (Å²) in [5, 5.41) is 7.10. The van der Waals surface area contributed by atoms with E-state index in [0.29, 0.717) is 5.69 Å². The smallest absolute Gasteiger partial charge is 0.428 e. The highest BCUT2D eigenvalue weighted by Gasteiger charge is 2.16. The Morgan fingerprint density at radius 2 is 1.71 bits per heavy atom. The van der Waals surface area contributed by atoms with Gasteiger partial charge in [-0.15, -0.1) is 0 Å². The van der Waals surface area contributed by atoms with Crippen LogP contribution in [0.15, 0.2) is 64.5 Å². The molecule has 1 heterocycles. The van der Waals surface area contributed by atoms with Gasteiger partial charge in [-0.3, -0.25) is 9.48 Å². The second kappa shape index (κ2) is 8.91. The molecule has 0 spiro atoms. The molecular weight excluding hydrogens is 394 g/mol. The summed E-state index contributed by atoms with van der Waals surface area (Å²) in [6.45, 7) is 7.24. The van der Waals surface area contributed by atoms with Crippen molar-refractivity contribution in [1.29, 1.82) is 0 Å². The topological polar surface area (TPSA) is 89.7 Å². The standard InChI is InChI=1S/C23H27N5O3/c1-16-20(21(29)28(27(16)5)19-9-7-6-8-10-19)25-18-13-11-17(12-14-18)15-24-26-22(30)31-23(2,3)4/h6-15,25H,1-5H3,(H,26,30)/b24-15-. The van der Waals surface area contributed by atoms with E-state index in [0.717, 1.165) is 22.6 Å². The third-order valence-electron chi connectivity index (χ3n) is 4.50. The van der Waals surface area contributed by atoms with Crippen molar-refractivity contribution in [3.63, 3.8) is 0 Å². The second-order valence-corrected chi connectivity index (χ2v) is 8.06. The predicted molar refractivity (Wildman–Crippen MR) is 122 cm³/mol. The molecule has 3 aromatic rings. The molecule has 2 aromatic carbocycles. The van der Waals surface area contributed by atoms with Gasteiger partial charge in [-0.2, -0.15) is 5.10 Å². The maximum absolute atomic E-state index is 13.0. The molecule has 0 radical (unpaired) electrons. The van der Waals surface area contributed by atoms with E-state index in [-0.39, 0.29) is 5.56 Å². The number of carbonyl (C=O) groups excluding carboxylic acids is 1. The number of ether oxygens (including phenoxy) is 1. The highest BCUT2D eigenvalue weighted by Crippen LogP contribution is 2.19. The van der Waals surface area contributed by atoms with Crippen LogP contribution in [0.1, 0.15) is 32.0 Å². The fourth-order valence-electron chi connectivity index (χ4n) is 2.97. The van der Waals surface area contributed by atoms with Crippen LogP contribution in [-0.2, 0) is 11.8 Å². The van der Waals surface area contributed by atoms with Gasteiger partial charge in [0.25, 0.3) is 5.56 Å². The van der Waals surface area contributed by atoms with Crippen molar-refractivity contribution in [2.24, 2.45) is 12.1 Å². The van der Waals surface area contributed by atoms with Crippen molar-refractivity contribution >= 4 is 23.7 Å². The molecule has 0 atom stereocenters. The number of amides is 1. The maximum Gasteiger partial charge on any atom is 0.428 e. The average Bonchev–Trinajstić information content (AvgIpc) is 2.92. The minimum Gasteiger partial charge on any atom is -0.443 e. The van der Waals surface area contributed by atoms with Gasteiger partial charge in [0, 0.05) is 12.7 Å². The van der Waals surface area contributed by atoms with Crippen molar-refractivity contribution in [3.8, 4) is 5.69 Å². The van der Waals surface area contributed by atoms with Crippen molar-refractivity contribution < 1.29 is 9.53 Å². The van der Waals surface area contributed by atoms with E-state index >= 15 is 0 Å². The first kappa shape index (κ1) is 21.9. The van der Waals surface area contributed by atoms with E-state index in [1.165, 1.54) is 6.21 Å². The van der Waals surface area contributed by atoms with Crippen LogP contribution in [0.4, 0.5) is 16.2 Å². The van der Waals surface area contributed by atoms with E-state index < -0.39 is 11.7 Å². The number of hydrazone groups is 1. The molecule has 3 rings (SSSR count). The zero-order valence-electron chi connectivity index (χ0n) is 18.3. The minimum atomic E-state index is -0.615. The van der Waals surface area contributed by atoms with Crippen LogP contribution in [0.3, 0.4) is 0 Å². The summed E-state index contributed by atoms with van der Waals surface area (Å²) in [5.41, 5.74) is 5.31. The van der Waals surface area contributed by atoms with Crippen molar-refractivity contribution in [3.05, 3.63) is 76.2 Å². The molecule has 0 bridgehead atoms. The third kappa shape index (κ3) is 5.42. The van der Waals surface area contributed by atoms with Crippen LogP contribution in [-0.4, -0.2) is 27.3 Å². The Hall–Kier alpha value is -3.81. The van der Waals surface area contributed by atoms with Gasteiger partial charge in [0.1, 0.15) is 11.3 Å². The van der Waals surface area contributed by atoms with Crippen LogP contribution >= 0.6 is 0 Å². The van der Waals surface area contributed by atoms with E-state index in [1.807, 2.05) is 73.3 Å². The summed E-state index contributed by atoms with van der Waals surface area (Å²) in [7, 11) is 1.85. The number of aromatic nitrogens is 2. The lowest BCUT2D eigenvalue weighted by Crippen LogP contribution is -2.29. The molecule has 1 aromatic heterocycles. The molecule has 0 aliphatic carbocycles. The van der Waals surface area contributed by atoms with Crippen LogP contribution in [0, 0.1) is 6.92 Å². The Labute approximate surface area is 181 Å². The van der Waals surface area contributed by atoms with Crippen LogP contribution < -0.4 is 16.3 Å². The first-order valence-electron chi connectivity index (χ1n) is 9.89. The molecule has 8 heteroatoms. The first-order chi connectivity index (χ1) is 14.7. The molecule has 31 heavy (non-hydrogen) atoms. The zero-order chi connectivity index (χ0) is 22.6. The van der Waals surface area contributed by atoms with Gasteiger partial charge in [0.15, 0.2) is 0 Å². The van der Waals surface area contributed by atoms with Gasteiger partial charge in [-0.25, -0.2) is 14.9 Å². The highest BCUT2D eigenvalue weighted by atomic mass is 16.6. The zero-order valence-corrected chi connectivity index (χ0v) is 18.3. The quantitative estimate of drug-likeness (QED) is 0.480. The molecule has 0 saturated carbocycles. The Balaban J connectivity index is 1.72. The first-order valence-corrected chi connectivity index (χ1v) is 9.89. The monoisotopic (exact) mass is 421 g/mol. The van der Waals surface area contributed by atoms with Gasteiger partial charge in [-0.05, 0) is 57.5 Å².